The van der Waals surface area contributed by atoms with Crippen molar-refractivity contribution >= 4 is 0 Å². The van der Waals surface area contributed by atoms with Crippen LogP contribution in [0.3, 0.4) is 0 Å². The van der Waals surface area contributed by atoms with Crippen LogP contribution >= 0.6 is 0 Å². The van der Waals surface area contributed by atoms with Crippen molar-refractivity contribution in [2.75, 3.05) is 6.61 Å². The van der Waals surface area contributed by atoms with Gasteiger partial charge in [0.1, 0.15) is 0 Å². The first kappa shape index (κ1) is 12.2. The summed E-state index contributed by atoms with van der Waals surface area (Å²) in [4.78, 5) is 0. The molecular formula is C13H21NO. The van der Waals surface area contributed by atoms with Crippen molar-refractivity contribution in [2.24, 2.45) is 0 Å². The van der Waals surface area contributed by atoms with Gasteiger partial charge in [0.15, 0.2) is 0 Å². The fraction of sp³-hybridized carbons (Fsp3) is 0.538. The molecule has 0 saturated heterocycles. The molecule has 0 bridgehead atoms. The summed E-state index contributed by atoms with van der Waals surface area (Å²) in [7, 11) is 0. The number of benzene rings is 1. The molecule has 1 aromatic carbocycles. The lowest BCUT2D eigenvalue weighted by Crippen LogP contribution is -2.21. The molecule has 0 unspecified atom stereocenters. The van der Waals surface area contributed by atoms with Crippen molar-refractivity contribution in [1.82, 2.24) is 5.32 Å². The molecule has 0 radical (unpaired) electrons. The zero-order valence-electron chi connectivity index (χ0n) is 9.92. The van der Waals surface area contributed by atoms with Gasteiger partial charge in [0.05, 0.1) is 6.61 Å². The summed E-state index contributed by atoms with van der Waals surface area (Å²) in [5, 5.41) is 3.40. The van der Waals surface area contributed by atoms with Crippen molar-refractivity contribution in [1.29, 1.82) is 0 Å². The number of nitrogens with one attached hydrogen (secondary N) is 1. The Hall–Kier alpha value is -0.860. The predicted molar refractivity (Wildman–Crippen MR) is 63.7 cm³/mol. The maximum atomic E-state index is 5.38. The van der Waals surface area contributed by atoms with Crippen molar-refractivity contribution in [3.63, 3.8) is 0 Å². The van der Waals surface area contributed by atoms with Crippen LogP contribution in [0.4, 0.5) is 0 Å². The zero-order chi connectivity index (χ0) is 11.1. The Morgan fingerprint density at radius 1 is 1.27 bits per heavy atom. The van der Waals surface area contributed by atoms with Crippen LogP contribution < -0.4 is 5.32 Å². The van der Waals surface area contributed by atoms with Crippen LogP contribution in [0.5, 0.6) is 0 Å². The first-order valence-electron chi connectivity index (χ1n) is 5.61. The van der Waals surface area contributed by atoms with E-state index in [1.165, 1.54) is 11.1 Å². The van der Waals surface area contributed by atoms with Gasteiger partial charge in [-0.25, -0.2) is 0 Å². The van der Waals surface area contributed by atoms with E-state index < -0.39 is 0 Å². The first-order chi connectivity index (χ1) is 7.22. The minimum atomic E-state index is 0.528. The van der Waals surface area contributed by atoms with Crippen molar-refractivity contribution < 1.29 is 4.74 Å². The molecular weight excluding hydrogens is 186 g/mol. The lowest BCUT2D eigenvalue weighted by molar-refractivity contribution is 0.134. The van der Waals surface area contributed by atoms with Gasteiger partial charge in [0, 0.05) is 19.2 Å². The van der Waals surface area contributed by atoms with Gasteiger partial charge in [0.25, 0.3) is 0 Å². The molecule has 0 heterocycles. The normalized spacial score (nSPS) is 10.9. The maximum absolute atomic E-state index is 5.38. The largest absolute Gasteiger partial charge is 0.377 e. The van der Waals surface area contributed by atoms with Crippen molar-refractivity contribution in [2.45, 2.75) is 40.0 Å². The van der Waals surface area contributed by atoms with Crippen molar-refractivity contribution in [3.8, 4) is 0 Å². The Bertz CT molecular complexity index is 284. The van der Waals surface area contributed by atoms with Crippen LogP contribution in [0.1, 0.15) is 31.9 Å². The highest BCUT2D eigenvalue weighted by molar-refractivity contribution is 5.22. The molecule has 0 fully saturated rings. The van der Waals surface area contributed by atoms with E-state index in [4.69, 9.17) is 4.74 Å². The summed E-state index contributed by atoms with van der Waals surface area (Å²) in [6.45, 7) is 8.75. The van der Waals surface area contributed by atoms with E-state index in [-0.39, 0.29) is 0 Å². The number of ether oxygens (including phenoxy) is 1. The third-order valence-corrected chi connectivity index (χ3v) is 2.18. The van der Waals surface area contributed by atoms with Gasteiger partial charge in [-0.2, -0.15) is 0 Å². The lowest BCUT2D eigenvalue weighted by Gasteiger charge is -2.09. The van der Waals surface area contributed by atoms with E-state index >= 15 is 0 Å². The average molecular weight is 207 g/mol. The van der Waals surface area contributed by atoms with E-state index in [1.807, 2.05) is 6.92 Å². The number of hydrogen-bond donors (Lipinski definition) is 1. The Kier molecular flexibility index (Phi) is 5.37. The molecule has 1 aromatic rings. The van der Waals surface area contributed by atoms with Gasteiger partial charge in [-0.05, 0) is 18.1 Å². The van der Waals surface area contributed by atoms with Crippen LogP contribution in [-0.2, 0) is 17.9 Å². The SMILES string of the molecule is CCOCc1cccc(CNC(C)C)c1. The van der Waals surface area contributed by atoms with Crippen molar-refractivity contribution in [3.05, 3.63) is 35.4 Å². The summed E-state index contributed by atoms with van der Waals surface area (Å²) in [6, 6.07) is 9.07. The third-order valence-electron chi connectivity index (χ3n) is 2.18. The molecule has 0 spiro atoms. The van der Waals surface area contributed by atoms with Gasteiger partial charge in [-0.3, -0.25) is 0 Å². The molecule has 15 heavy (non-hydrogen) atoms. The number of rotatable bonds is 6. The summed E-state index contributed by atoms with van der Waals surface area (Å²) < 4.78 is 5.38. The molecule has 2 nitrogen and oxygen atoms in total. The fourth-order valence-electron chi connectivity index (χ4n) is 1.37. The second kappa shape index (κ2) is 6.59. The summed E-state index contributed by atoms with van der Waals surface area (Å²) in [6.07, 6.45) is 0. The second-order valence-electron chi connectivity index (χ2n) is 3.99. The first-order valence-corrected chi connectivity index (χ1v) is 5.61. The monoisotopic (exact) mass is 207 g/mol. The molecule has 0 amide bonds. The van der Waals surface area contributed by atoms with Crippen LogP contribution in [-0.4, -0.2) is 12.6 Å². The lowest BCUT2D eigenvalue weighted by atomic mass is 10.1. The molecule has 1 N–H and O–H groups in total. The Labute approximate surface area is 92.6 Å². The highest BCUT2D eigenvalue weighted by Gasteiger charge is 1.97. The third kappa shape index (κ3) is 4.96. The van der Waals surface area contributed by atoms with Crippen LogP contribution in [0.2, 0.25) is 0 Å². The molecule has 0 aromatic heterocycles. The van der Waals surface area contributed by atoms with Gasteiger partial charge in [0.2, 0.25) is 0 Å². The quantitative estimate of drug-likeness (QED) is 0.774. The molecule has 1 rings (SSSR count). The van der Waals surface area contributed by atoms with E-state index in [0.29, 0.717) is 12.6 Å². The average Bonchev–Trinajstić information content (AvgIpc) is 2.24. The Morgan fingerprint density at radius 2 is 2.00 bits per heavy atom. The zero-order valence-corrected chi connectivity index (χ0v) is 9.92. The summed E-state index contributed by atoms with van der Waals surface area (Å²) in [5.74, 6) is 0. The molecule has 0 aliphatic heterocycles. The minimum absolute atomic E-state index is 0.528. The van der Waals surface area contributed by atoms with E-state index in [1.54, 1.807) is 0 Å². The highest BCUT2D eigenvalue weighted by Crippen LogP contribution is 2.06. The van der Waals surface area contributed by atoms with E-state index in [0.717, 1.165) is 13.2 Å². The topological polar surface area (TPSA) is 21.3 Å². The maximum Gasteiger partial charge on any atom is 0.0716 e. The van der Waals surface area contributed by atoms with Gasteiger partial charge in [-0.15, -0.1) is 0 Å². The van der Waals surface area contributed by atoms with Crippen LogP contribution in [0.15, 0.2) is 24.3 Å². The van der Waals surface area contributed by atoms with Gasteiger partial charge < -0.3 is 10.1 Å². The van der Waals surface area contributed by atoms with E-state index in [9.17, 15) is 0 Å². The molecule has 0 aliphatic carbocycles. The Balaban J connectivity index is 2.50. The molecule has 0 atom stereocenters. The van der Waals surface area contributed by atoms with Gasteiger partial charge >= 0.3 is 0 Å². The summed E-state index contributed by atoms with van der Waals surface area (Å²) >= 11 is 0. The molecule has 0 saturated carbocycles. The molecule has 0 aliphatic rings. The number of hydrogen-bond acceptors (Lipinski definition) is 2. The fourth-order valence-corrected chi connectivity index (χ4v) is 1.37. The second-order valence-corrected chi connectivity index (χ2v) is 3.99. The Morgan fingerprint density at radius 3 is 2.67 bits per heavy atom. The summed E-state index contributed by atoms with van der Waals surface area (Å²) in [5.41, 5.74) is 2.57. The predicted octanol–water partition coefficient (Wildman–Crippen LogP) is 2.72. The van der Waals surface area contributed by atoms with E-state index in [2.05, 4.69) is 43.4 Å². The van der Waals surface area contributed by atoms with Gasteiger partial charge in [-0.1, -0.05) is 38.1 Å². The minimum Gasteiger partial charge on any atom is -0.377 e. The molecule has 2 heteroatoms. The smallest absolute Gasteiger partial charge is 0.0716 e. The highest BCUT2D eigenvalue weighted by atomic mass is 16.5. The van der Waals surface area contributed by atoms with Crippen LogP contribution in [0, 0.1) is 0 Å². The molecule has 84 valence electrons. The standard InChI is InChI=1S/C13H21NO/c1-4-15-10-13-7-5-6-12(8-13)9-14-11(2)3/h5-8,11,14H,4,9-10H2,1-3H3. The van der Waals surface area contributed by atoms with Crippen LogP contribution in [0.25, 0.3) is 0 Å².